The summed E-state index contributed by atoms with van der Waals surface area (Å²) in [5, 5.41) is 0. The third-order valence-corrected chi connectivity index (χ3v) is 6.41. The highest BCUT2D eigenvalue weighted by Crippen LogP contribution is 2.39. The predicted molar refractivity (Wildman–Crippen MR) is 136 cm³/mol. The molecule has 6 heteroatoms. The Labute approximate surface area is 207 Å². The first-order valence-corrected chi connectivity index (χ1v) is 12.4. The van der Waals surface area contributed by atoms with Crippen LogP contribution in [-0.2, 0) is 20.7 Å². The van der Waals surface area contributed by atoms with Gasteiger partial charge in [0.25, 0.3) is 0 Å². The molecule has 1 saturated heterocycles. The minimum Gasteiger partial charge on any atom is -0.348 e. The molecule has 4 rings (SSSR count). The maximum Gasteiger partial charge on any atom is 0.163 e. The Bertz CT molecular complexity index is 1150. The number of ketones is 1. The number of pyridine rings is 1. The number of carbonyl (C=O) groups is 1. The first-order chi connectivity index (χ1) is 16.6. The lowest BCUT2D eigenvalue weighted by Gasteiger charge is -2.40. The number of rotatable bonds is 8. The average Bonchev–Trinajstić information content (AvgIpc) is 3.17. The van der Waals surface area contributed by atoms with E-state index in [2.05, 4.69) is 29.6 Å². The summed E-state index contributed by atoms with van der Waals surface area (Å²) in [6.45, 7) is 9.75. The van der Waals surface area contributed by atoms with Gasteiger partial charge in [-0.3, -0.25) is 9.78 Å². The fourth-order valence-corrected chi connectivity index (χ4v) is 5.08. The fourth-order valence-electron chi connectivity index (χ4n) is 5.08. The molecule has 0 bridgehead atoms. The van der Waals surface area contributed by atoms with Crippen molar-refractivity contribution in [1.29, 1.82) is 0 Å². The van der Waals surface area contributed by atoms with Crippen LogP contribution in [0.4, 0.5) is 4.39 Å². The Balaban J connectivity index is 1.71. The SMILES string of the molecule is CC(=O)C[C@H]1C[C@@H](CCc2c(-c3ccc(F)cc3)c(-c3ccccn3)cn2C(C)C)OC(C)(C)O1. The van der Waals surface area contributed by atoms with Crippen molar-refractivity contribution in [2.45, 2.75) is 84.3 Å². The summed E-state index contributed by atoms with van der Waals surface area (Å²) < 4.78 is 28.3. The summed E-state index contributed by atoms with van der Waals surface area (Å²) in [6, 6.07) is 12.8. The first kappa shape index (κ1) is 25.3. The largest absolute Gasteiger partial charge is 0.348 e. The summed E-state index contributed by atoms with van der Waals surface area (Å²) in [6.07, 6.45) is 6.42. The van der Waals surface area contributed by atoms with E-state index in [9.17, 15) is 9.18 Å². The molecule has 2 atom stereocenters. The minimum atomic E-state index is -0.734. The Morgan fingerprint density at radius 2 is 1.86 bits per heavy atom. The predicted octanol–water partition coefficient (Wildman–Crippen LogP) is 6.76. The molecule has 1 aliphatic rings. The highest BCUT2D eigenvalue weighted by Gasteiger charge is 2.36. The number of Topliss-reactive ketones (excluding diaryl/α,β-unsaturated/α-hetero) is 1. The van der Waals surface area contributed by atoms with E-state index in [1.165, 1.54) is 17.8 Å². The van der Waals surface area contributed by atoms with Crippen LogP contribution in [0.5, 0.6) is 0 Å². The Kier molecular flexibility index (Phi) is 7.53. The van der Waals surface area contributed by atoms with Crippen molar-refractivity contribution in [2.75, 3.05) is 0 Å². The van der Waals surface area contributed by atoms with E-state index in [-0.39, 0.29) is 29.9 Å². The molecule has 1 aromatic carbocycles. The van der Waals surface area contributed by atoms with Gasteiger partial charge in [-0.2, -0.15) is 0 Å². The lowest BCUT2D eigenvalue weighted by atomic mass is 9.95. The Morgan fingerprint density at radius 3 is 2.49 bits per heavy atom. The van der Waals surface area contributed by atoms with Crippen molar-refractivity contribution in [3.8, 4) is 22.4 Å². The molecule has 0 saturated carbocycles. The van der Waals surface area contributed by atoms with E-state index in [4.69, 9.17) is 9.47 Å². The number of ether oxygens (including phenoxy) is 2. The lowest BCUT2D eigenvalue weighted by Crippen LogP contribution is -2.45. The normalized spacial score (nSPS) is 19.7. The van der Waals surface area contributed by atoms with Gasteiger partial charge in [0.15, 0.2) is 5.79 Å². The molecular weight excluding hydrogens is 443 g/mol. The second-order valence-corrected chi connectivity index (χ2v) is 10.1. The second-order valence-electron chi connectivity index (χ2n) is 10.1. The highest BCUT2D eigenvalue weighted by molar-refractivity contribution is 5.84. The van der Waals surface area contributed by atoms with E-state index < -0.39 is 5.79 Å². The van der Waals surface area contributed by atoms with Gasteiger partial charge in [0.1, 0.15) is 11.6 Å². The third-order valence-electron chi connectivity index (χ3n) is 6.41. The molecule has 1 fully saturated rings. The molecule has 0 amide bonds. The monoisotopic (exact) mass is 478 g/mol. The number of halogens is 1. The quantitative estimate of drug-likeness (QED) is 0.359. The number of benzene rings is 1. The van der Waals surface area contributed by atoms with Crippen molar-refractivity contribution >= 4 is 5.78 Å². The van der Waals surface area contributed by atoms with E-state index >= 15 is 0 Å². The standard InChI is InChI=1S/C29H35FN2O3/c1-19(2)32-18-25(26-8-6-7-15-31-26)28(21-9-11-22(30)12-10-21)27(32)14-13-23-17-24(16-20(3)33)35-29(4,5)34-23/h6-12,15,18-19,23-24H,13-14,16-17H2,1-5H3/t23-,24+/m1/s1. The number of nitrogens with zero attached hydrogens (tertiary/aromatic N) is 2. The van der Waals surface area contributed by atoms with Crippen LogP contribution < -0.4 is 0 Å². The van der Waals surface area contributed by atoms with Crippen molar-refractivity contribution in [2.24, 2.45) is 0 Å². The van der Waals surface area contributed by atoms with Crippen LogP contribution in [0.2, 0.25) is 0 Å². The summed E-state index contributed by atoms with van der Waals surface area (Å²) in [5.74, 6) is -0.867. The van der Waals surface area contributed by atoms with Crippen LogP contribution in [0.25, 0.3) is 22.4 Å². The molecule has 35 heavy (non-hydrogen) atoms. The summed E-state index contributed by atoms with van der Waals surface area (Å²) in [5.41, 5.74) is 5.12. The van der Waals surface area contributed by atoms with E-state index in [0.29, 0.717) is 12.8 Å². The van der Waals surface area contributed by atoms with Crippen LogP contribution in [0.15, 0.2) is 54.9 Å². The minimum absolute atomic E-state index is 0.0296. The van der Waals surface area contributed by atoms with E-state index in [1.807, 2.05) is 44.2 Å². The summed E-state index contributed by atoms with van der Waals surface area (Å²) >= 11 is 0. The van der Waals surface area contributed by atoms with Gasteiger partial charge in [-0.15, -0.1) is 0 Å². The van der Waals surface area contributed by atoms with Crippen molar-refractivity contribution < 1.29 is 18.7 Å². The van der Waals surface area contributed by atoms with Gasteiger partial charge < -0.3 is 14.0 Å². The van der Waals surface area contributed by atoms with Crippen LogP contribution >= 0.6 is 0 Å². The molecule has 2 aromatic heterocycles. The lowest BCUT2D eigenvalue weighted by molar-refractivity contribution is -0.299. The van der Waals surface area contributed by atoms with Gasteiger partial charge in [-0.05, 0) is 77.3 Å². The first-order valence-electron chi connectivity index (χ1n) is 12.4. The smallest absolute Gasteiger partial charge is 0.163 e. The topological polar surface area (TPSA) is 53.4 Å². The van der Waals surface area contributed by atoms with Crippen molar-refractivity contribution in [1.82, 2.24) is 9.55 Å². The van der Waals surface area contributed by atoms with E-state index in [1.54, 1.807) is 13.1 Å². The zero-order chi connectivity index (χ0) is 25.2. The third kappa shape index (κ3) is 6.06. The molecule has 1 aliphatic heterocycles. The van der Waals surface area contributed by atoms with Gasteiger partial charge in [0.05, 0.1) is 17.9 Å². The van der Waals surface area contributed by atoms with Gasteiger partial charge in [0.2, 0.25) is 0 Å². The van der Waals surface area contributed by atoms with Crippen LogP contribution in [0.1, 0.15) is 65.6 Å². The highest BCUT2D eigenvalue weighted by atomic mass is 19.1. The molecule has 0 spiro atoms. The van der Waals surface area contributed by atoms with Crippen molar-refractivity contribution in [3.05, 3.63) is 66.4 Å². The zero-order valence-corrected chi connectivity index (χ0v) is 21.3. The molecule has 3 heterocycles. The number of hydrogen-bond donors (Lipinski definition) is 0. The van der Waals surface area contributed by atoms with Gasteiger partial charge in [0, 0.05) is 48.1 Å². The maximum atomic E-state index is 13.8. The second kappa shape index (κ2) is 10.4. The number of carbonyl (C=O) groups excluding carboxylic acids is 1. The molecule has 0 radical (unpaired) electrons. The van der Waals surface area contributed by atoms with Gasteiger partial charge in [-0.1, -0.05) is 18.2 Å². The fraction of sp³-hybridized carbons (Fsp3) is 0.448. The summed E-state index contributed by atoms with van der Waals surface area (Å²) in [7, 11) is 0. The molecular formula is C29H35FN2O3. The molecule has 5 nitrogen and oxygen atoms in total. The Hall–Kier alpha value is -2.83. The molecule has 0 N–H and O–H groups in total. The number of aromatic nitrogens is 2. The van der Waals surface area contributed by atoms with Crippen LogP contribution in [0, 0.1) is 5.82 Å². The van der Waals surface area contributed by atoms with Gasteiger partial charge >= 0.3 is 0 Å². The Morgan fingerprint density at radius 1 is 1.14 bits per heavy atom. The van der Waals surface area contributed by atoms with E-state index in [0.717, 1.165) is 35.2 Å². The molecule has 3 aromatic rings. The molecule has 0 aliphatic carbocycles. The molecule has 186 valence electrons. The summed E-state index contributed by atoms with van der Waals surface area (Å²) in [4.78, 5) is 16.3. The van der Waals surface area contributed by atoms with Crippen LogP contribution in [-0.4, -0.2) is 33.3 Å². The number of hydrogen-bond acceptors (Lipinski definition) is 4. The van der Waals surface area contributed by atoms with Crippen molar-refractivity contribution in [3.63, 3.8) is 0 Å². The maximum absolute atomic E-state index is 13.8. The zero-order valence-electron chi connectivity index (χ0n) is 21.3. The average molecular weight is 479 g/mol. The van der Waals surface area contributed by atoms with Gasteiger partial charge in [-0.25, -0.2) is 4.39 Å². The molecule has 0 unspecified atom stereocenters. The van der Waals surface area contributed by atoms with Crippen LogP contribution in [0.3, 0.4) is 0 Å².